The van der Waals surface area contributed by atoms with E-state index in [1.807, 2.05) is 0 Å². The van der Waals surface area contributed by atoms with Gasteiger partial charge >= 0.3 is 0 Å². The fourth-order valence-corrected chi connectivity index (χ4v) is 2.68. The van der Waals surface area contributed by atoms with Gasteiger partial charge < -0.3 is 10.2 Å². The molecule has 0 aromatic heterocycles. The minimum absolute atomic E-state index is 0.753. The molecule has 1 heterocycles. The van der Waals surface area contributed by atoms with Crippen molar-refractivity contribution in [3.63, 3.8) is 0 Å². The van der Waals surface area contributed by atoms with E-state index in [1.54, 1.807) is 0 Å². The molecule has 0 spiro atoms. The summed E-state index contributed by atoms with van der Waals surface area (Å²) in [6.07, 6.45) is 12.6. The van der Waals surface area contributed by atoms with Gasteiger partial charge in [-0.05, 0) is 58.7 Å². The summed E-state index contributed by atoms with van der Waals surface area (Å²) in [4.78, 5) is 2.46. The molecule has 2 atom stereocenters. The van der Waals surface area contributed by atoms with E-state index < -0.39 is 0 Å². The van der Waals surface area contributed by atoms with Crippen LogP contribution in [0.2, 0.25) is 0 Å². The summed E-state index contributed by atoms with van der Waals surface area (Å²) in [7, 11) is 2.24. The second-order valence-electron chi connectivity index (χ2n) is 5.08. The Hall–Kier alpha value is -0.340. The largest absolute Gasteiger partial charge is 0.311 e. The monoisotopic (exact) mass is 208 g/mol. The van der Waals surface area contributed by atoms with Gasteiger partial charge in [0.1, 0.15) is 0 Å². The first-order chi connectivity index (χ1) is 7.34. The SMILES string of the molecule is CN1CCCC(NC2CC=CCC2)CC1. The van der Waals surface area contributed by atoms with Crippen molar-refractivity contribution >= 4 is 0 Å². The topological polar surface area (TPSA) is 15.3 Å². The molecule has 2 nitrogen and oxygen atoms in total. The Bertz CT molecular complexity index is 213. The van der Waals surface area contributed by atoms with Crippen molar-refractivity contribution < 1.29 is 0 Å². The van der Waals surface area contributed by atoms with E-state index in [4.69, 9.17) is 0 Å². The van der Waals surface area contributed by atoms with Crippen LogP contribution in [0.3, 0.4) is 0 Å². The quantitative estimate of drug-likeness (QED) is 0.700. The van der Waals surface area contributed by atoms with Crippen LogP contribution in [0.15, 0.2) is 12.2 Å². The zero-order chi connectivity index (χ0) is 10.5. The van der Waals surface area contributed by atoms with E-state index in [0.717, 1.165) is 12.1 Å². The zero-order valence-corrected chi connectivity index (χ0v) is 9.91. The Balaban J connectivity index is 1.75. The third-order valence-corrected chi connectivity index (χ3v) is 3.69. The highest BCUT2D eigenvalue weighted by Crippen LogP contribution is 2.15. The van der Waals surface area contributed by atoms with Gasteiger partial charge in [0.2, 0.25) is 0 Å². The Kier molecular flexibility index (Phi) is 4.21. The van der Waals surface area contributed by atoms with E-state index in [0.29, 0.717) is 0 Å². The normalized spacial score (nSPS) is 33.9. The van der Waals surface area contributed by atoms with Gasteiger partial charge in [0.25, 0.3) is 0 Å². The highest BCUT2D eigenvalue weighted by Gasteiger charge is 2.18. The third kappa shape index (κ3) is 3.62. The molecule has 0 bridgehead atoms. The lowest BCUT2D eigenvalue weighted by molar-refractivity contribution is 0.335. The Morgan fingerprint density at radius 2 is 2.00 bits per heavy atom. The number of nitrogens with zero attached hydrogens (tertiary/aromatic N) is 1. The van der Waals surface area contributed by atoms with Crippen LogP contribution < -0.4 is 5.32 Å². The molecule has 1 N–H and O–H groups in total. The molecule has 2 heteroatoms. The van der Waals surface area contributed by atoms with Crippen molar-refractivity contribution in [3.05, 3.63) is 12.2 Å². The highest BCUT2D eigenvalue weighted by molar-refractivity contribution is 4.94. The van der Waals surface area contributed by atoms with Gasteiger partial charge in [0, 0.05) is 12.1 Å². The summed E-state index contributed by atoms with van der Waals surface area (Å²) in [5.41, 5.74) is 0. The van der Waals surface area contributed by atoms with Gasteiger partial charge in [-0.3, -0.25) is 0 Å². The average molecular weight is 208 g/mol. The van der Waals surface area contributed by atoms with Crippen molar-refractivity contribution in [1.82, 2.24) is 10.2 Å². The molecule has 1 aliphatic carbocycles. The summed E-state index contributed by atoms with van der Waals surface area (Å²) >= 11 is 0. The van der Waals surface area contributed by atoms with Gasteiger partial charge in [0.05, 0.1) is 0 Å². The van der Waals surface area contributed by atoms with E-state index in [9.17, 15) is 0 Å². The molecule has 0 amide bonds. The fraction of sp³-hybridized carbons (Fsp3) is 0.846. The lowest BCUT2D eigenvalue weighted by Gasteiger charge is -2.25. The van der Waals surface area contributed by atoms with Crippen molar-refractivity contribution in [2.75, 3.05) is 20.1 Å². The van der Waals surface area contributed by atoms with Crippen LogP contribution in [0.25, 0.3) is 0 Å². The molecule has 1 saturated heterocycles. The standard InChI is InChI=1S/C13H24N2/c1-15-10-5-8-13(9-11-15)14-12-6-3-2-4-7-12/h2-3,12-14H,4-11H2,1H3. The number of nitrogens with one attached hydrogen (secondary N) is 1. The molecule has 0 aromatic rings. The summed E-state index contributed by atoms with van der Waals surface area (Å²) in [6, 6.07) is 1.52. The average Bonchev–Trinajstić information content (AvgIpc) is 2.46. The van der Waals surface area contributed by atoms with Crippen LogP contribution in [-0.4, -0.2) is 37.1 Å². The van der Waals surface area contributed by atoms with Gasteiger partial charge in [-0.1, -0.05) is 12.2 Å². The molecule has 86 valence electrons. The van der Waals surface area contributed by atoms with Crippen molar-refractivity contribution in [2.45, 2.75) is 50.6 Å². The molecule has 0 saturated carbocycles. The maximum atomic E-state index is 3.84. The second-order valence-corrected chi connectivity index (χ2v) is 5.08. The zero-order valence-electron chi connectivity index (χ0n) is 9.91. The molecule has 15 heavy (non-hydrogen) atoms. The number of allylic oxidation sites excluding steroid dienone is 1. The maximum Gasteiger partial charge on any atom is 0.0107 e. The van der Waals surface area contributed by atoms with Crippen LogP contribution in [0.4, 0.5) is 0 Å². The molecule has 2 aliphatic rings. The fourth-order valence-electron chi connectivity index (χ4n) is 2.68. The van der Waals surface area contributed by atoms with Gasteiger partial charge in [0.15, 0.2) is 0 Å². The molecule has 0 aromatic carbocycles. The van der Waals surface area contributed by atoms with Crippen molar-refractivity contribution in [3.8, 4) is 0 Å². The molecule has 1 fully saturated rings. The van der Waals surface area contributed by atoms with E-state index in [1.165, 1.54) is 51.6 Å². The summed E-state index contributed by atoms with van der Waals surface area (Å²) < 4.78 is 0. The lowest BCUT2D eigenvalue weighted by atomic mass is 9.99. The number of hydrogen-bond donors (Lipinski definition) is 1. The third-order valence-electron chi connectivity index (χ3n) is 3.69. The summed E-state index contributed by atoms with van der Waals surface area (Å²) in [5.74, 6) is 0. The number of likely N-dealkylation sites (tertiary alicyclic amines) is 1. The second kappa shape index (κ2) is 5.66. The lowest BCUT2D eigenvalue weighted by Crippen LogP contribution is -2.39. The predicted molar refractivity (Wildman–Crippen MR) is 65.1 cm³/mol. The van der Waals surface area contributed by atoms with Crippen LogP contribution in [0.5, 0.6) is 0 Å². The molecular weight excluding hydrogens is 184 g/mol. The molecular formula is C13H24N2. The minimum Gasteiger partial charge on any atom is -0.311 e. The molecule has 2 rings (SSSR count). The van der Waals surface area contributed by atoms with Gasteiger partial charge in [-0.2, -0.15) is 0 Å². The number of hydrogen-bond acceptors (Lipinski definition) is 2. The smallest absolute Gasteiger partial charge is 0.0107 e. The van der Waals surface area contributed by atoms with E-state index in [-0.39, 0.29) is 0 Å². The summed E-state index contributed by atoms with van der Waals surface area (Å²) in [6.45, 7) is 2.54. The molecule has 1 aliphatic heterocycles. The van der Waals surface area contributed by atoms with Crippen molar-refractivity contribution in [1.29, 1.82) is 0 Å². The van der Waals surface area contributed by atoms with Gasteiger partial charge in [-0.15, -0.1) is 0 Å². The first kappa shape index (κ1) is 11.2. The summed E-state index contributed by atoms with van der Waals surface area (Å²) in [5, 5.41) is 3.84. The van der Waals surface area contributed by atoms with Crippen LogP contribution in [0.1, 0.15) is 38.5 Å². The maximum absolute atomic E-state index is 3.84. The van der Waals surface area contributed by atoms with Crippen LogP contribution >= 0.6 is 0 Å². The van der Waals surface area contributed by atoms with E-state index >= 15 is 0 Å². The van der Waals surface area contributed by atoms with E-state index in [2.05, 4.69) is 29.4 Å². The van der Waals surface area contributed by atoms with Crippen molar-refractivity contribution in [2.24, 2.45) is 0 Å². The molecule has 2 unspecified atom stereocenters. The molecule has 0 radical (unpaired) electrons. The Morgan fingerprint density at radius 1 is 1.07 bits per heavy atom. The minimum atomic E-state index is 0.753. The number of rotatable bonds is 2. The first-order valence-corrected chi connectivity index (χ1v) is 6.44. The van der Waals surface area contributed by atoms with Gasteiger partial charge in [-0.25, -0.2) is 0 Å². The van der Waals surface area contributed by atoms with Crippen LogP contribution in [-0.2, 0) is 0 Å². The highest BCUT2D eigenvalue weighted by atomic mass is 15.1. The Labute approximate surface area is 93.7 Å². The first-order valence-electron chi connectivity index (χ1n) is 6.44. The predicted octanol–water partition coefficient (Wildman–Crippen LogP) is 2.17. The van der Waals surface area contributed by atoms with Crippen LogP contribution in [0, 0.1) is 0 Å². The Morgan fingerprint density at radius 3 is 2.80 bits per heavy atom.